The molecule has 0 radical (unpaired) electrons. The standard InChI is InChI=1S/C14H16F3NO3/c1-13(2)8-21-6-5-18(13)12(20)10-4-3-9(7-11(10)19)14(15,16)17/h3-4,7,19H,5-6,8H2,1-2H3. The van der Waals surface area contributed by atoms with Gasteiger partial charge in [0.05, 0.1) is 29.9 Å². The van der Waals surface area contributed by atoms with E-state index in [1.165, 1.54) is 4.90 Å². The lowest BCUT2D eigenvalue weighted by molar-refractivity contribution is -0.137. The molecule has 1 fully saturated rings. The highest BCUT2D eigenvalue weighted by atomic mass is 19.4. The van der Waals surface area contributed by atoms with Gasteiger partial charge in [0, 0.05) is 6.54 Å². The number of amides is 1. The van der Waals surface area contributed by atoms with Crippen LogP contribution in [0.4, 0.5) is 13.2 Å². The smallest absolute Gasteiger partial charge is 0.416 e. The molecule has 1 heterocycles. The number of morpholine rings is 1. The van der Waals surface area contributed by atoms with Crippen LogP contribution in [0.5, 0.6) is 5.75 Å². The van der Waals surface area contributed by atoms with E-state index in [-0.39, 0.29) is 5.56 Å². The van der Waals surface area contributed by atoms with E-state index >= 15 is 0 Å². The van der Waals surface area contributed by atoms with Crippen molar-refractivity contribution in [3.05, 3.63) is 29.3 Å². The first kappa shape index (κ1) is 15.6. The number of halogens is 3. The molecular weight excluding hydrogens is 287 g/mol. The Kier molecular flexibility index (Phi) is 3.88. The summed E-state index contributed by atoms with van der Waals surface area (Å²) in [6.45, 7) is 4.61. The van der Waals surface area contributed by atoms with E-state index in [2.05, 4.69) is 0 Å². The van der Waals surface area contributed by atoms with Gasteiger partial charge in [-0.25, -0.2) is 0 Å². The van der Waals surface area contributed by atoms with Crippen molar-refractivity contribution in [2.45, 2.75) is 25.6 Å². The number of carbonyl (C=O) groups is 1. The van der Waals surface area contributed by atoms with Crippen molar-refractivity contribution in [3.63, 3.8) is 0 Å². The van der Waals surface area contributed by atoms with E-state index in [9.17, 15) is 23.1 Å². The van der Waals surface area contributed by atoms with Crippen molar-refractivity contribution in [2.75, 3.05) is 19.8 Å². The maximum Gasteiger partial charge on any atom is 0.416 e. The Morgan fingerprint density at radius 1 is 1.38 bits per heavy atom. The van der Waals surface area contributed by atoms with E-state index < -0.39 is 28.9 Å². The molecule has 4 nitrogen and oxygen atoms in total. The Morgan fingerprint density at radius 2 is 2.05 bits per heavy atom. The van der Waals surface area contributed by atoms with Crippen LogP contribution in [0.2, 0.25) is 0 Å². The average molecular weight is 303 g/mol. The highest BCUT2D eigenvalue weighted by molar-refractivity contribution is 5.97. The second-order valence-corrected chi connectivity index (χ2v) is 5.55. The number of carbonyl (C=O) groups excluding carboxylic acids is 1. The van der Waals surface area contributed by atoms with Crippen LogP contribution in [0.1, 0.15) is 29.8 Å². The lowest BCUT2D eigenvalue weighted by Crippen LogP contribution is -2.55. The number of phenolic OH excluding ortho intramolecular Hbond substituents is 1. The lowest BCUT2D eigenvalue weighted by Gasteiger charge is -2.42. The maximum atomic E-state index is 12.6. The van der Waals surface area contributed by atoms with Gasteiger partial charge in [0.2, 0.25) is 0 Å². The summed E-state index contributed by atoms with van der Waals surface area (Å²) >= 11 is 0. The first-order chi connectivity index (χ1) is 9.63. The third-order valence-corrected chi connectivity index (χ3v) is 3.45. The van der Waals surface area contributed by atoms with Gasteiger partial charge in [-0.2, -0.15) is 13.2 Å². The number of hydrogen-bond donors (Lipinski definition) is 1. The van der Waals surface area contributed by atoms with Gasteiger partial charge in [-0.05, 0) is 32.0 Å². The third-order valence-electron chi connectivity index (χ3n) is 3.45. The minimum atomic E-state index is -4.56. The largest absolute Gasteiger partial charge is 0.507 e. The molecule has 0 saturated carbocycles. The molecule has 1 amide bonds. The number of alkyl halides is 3. The van der Waals surface area contributed by atoms with Gasteiger partial charge in [0.25, 0.3) is 5.91 Å². The molecule has 0 spiro atoms. The molecule has 0 bridgehead atoms. The Morgan fingerprint density at radius 3 is 2.57 bits per heavy atom. The molecule has 0 aliphatic carbocycles. The first-order valence-corrected chi connectivity index (χ1v) is 6.43. The number of phenols is 1. The zero-order valence-electron chi connectivity index (χ0n) is 11.7. The van der Waals surface area contributed by atoms with Gasteiger partial charge in [-0.1, -0.05) is 0 Å². The SMILES string of the molecule is CC1(C)COCCN1C(=O)c1ccc(C(F)(F)F)cc1O. The van der Waals surface area contributed by atoms with E-state index in [0.29, 0.717) is 25.8 Å². The molecular formula is C14H16F3NO3. The number of benzene rings is 1. The summed E-state index contributed by atoms with van der Waals surface area (Å²) < 4.78 is 43.0. The minimum absolute atomic E-state index is 0.141. The summed E-state index contributed by atoms with van der Waals surface area (Å²) in [7, 11) is 0. The Balaban J connectivity index is 2.32. The van der Waals surface area contributed by atoms with Crippen molar-refractivity contribution < 1.29 is 27.8 Å². The zero-order chi connectivity index (χ0) is 15.8. The first-order valence-electron chi connectivity index (χ1n) is 6.43. The molecule has 116 valence electrons. The molecule has 1 aliphatic heterocycles. The average Bonchev–Trinajstić information content (AvgIpc) is 2.36. The van der Waals surface area contributed by atoms with E-state index in [1.807, 2.05) is 0 Å². The number of nitrogens with zero attached hydrogens (tertiary/aromatic N) is 1. The highest BCUT2D eigenvalue weighted by Gasteiger charge is 2.36. The van der Waals surface area contributed by atoms with Crippen LogP contribution in [0.25, 0.3) is 0 Å². The summed E-state index contributed by atoms with van der Waals surface area (Å²) in [6, 6.07) is 2.37. The number of ether oxygens (including phenoxy) is 1. The molecule has 1 saturated heterocycles. The lowest BCUT2D eigenvalue weighted by atomic mass is 10.00. The fourth-order valence-corrected chi connectivity index (χ4v) is 2.27. The van der Waals surface area contributed by atoms with Gasteiger partial charge in [-0.3, -0.25) is 4.79 Å². The van der Waals surface area contributed by atoms with E-state index in [4.69, 9.17) is 4.74 Å². The fraction of sp³-hybridized carbons (Fsp3) is 0.500. The van der Waals surface area contributed by atoms with Crippen LogP contribution in [0.3, 0.4) is 0 Å². The van der Waals surface area contributed by atoms with Gasteiger partial charge in [-0.15, -0.1) is 0 Å². The molecule has 2 rings (SSSR count). The third kappa shape index (κ3) is 3.12. The van der Waals surface area contributed by atoms with Crippen molar-refractivity contribution in [1.82, 2.24) is 4.90 Å². The second kappa shape index (κ2) is 5.22. The summed E-state index contributed by atoms with van der Waals surface area (Å²) in [4.78, 5) is 13.9. The van der Waals surface area contributed by atoms with Crippen LogP contribution in [0, 0.1) is 0 Å². The second-order valence-electron chi connectivity index (χ2n) is 5.55. The molecule has 7 heteroatoms. The van der Waals surface area contributed by atoms with Crippen molar-refractivity contribution in [3.8, 4) is 5.75 Å². The van der Waals surface area contributed by atoms with E-state index in [1.54, 1.807) is 13.8 Å². The highest BCUT2D eigenvalue weighted by Crippen LogP contribution is 2.33. The number of hydrogen-bond acceptors (Lipinski definition) is 3. The minimum Gasteiger partial charge on any atom is -0.507 e. The molecule has 1 aliphatic rings. The summed E-state index contributed by atoms with van der Waals surface area (Å²) in [5, 5.41) is 9.75. The predicted octanol–water partition coefficient (Wildman–Crippen LogP) is 2.66. The molecule has 1 aromatic rings. The van der Waals surface area contributed by atoms with Crippen molar-refractivity contribution in [2.24, 2.45) is 0 Å². The molecule has 1 N–H and O–H groups in total. The van der Waals surface area contributed by atoms with Gasteiger partial charge >= 0.3 is 6.18 Å². The Hall–Kier alpha value is -1.76. The maximum absolute atomic E-state index is 12.6. The topological polar surface area (TPSA) is 49.8 Å². The van der Waals surface area contributed by atoms with Gasteiger partial charge < -0.3 is 14.7 Å². The monoisotopic (exact) mass is 303 g/mol. The normalized spacial score (nSPS) is 18.6. The molecule has 0 atom stereocenters. The quantitative estimate of drug-likeness (QED) is 0.868. The van der Waals surface area contributed by atoms with Gasteiger partial charge in [0.15, 0.2) is 0 Å². The number of aromatic hydroxyl groups is 1. The molecule has 0 aromatic heterocycles. The molecule has 0 unspecified atom stereocenters. The number of rotatable bonds is 1. The van der Waals surface area contributed by atoms with E-state index in [0.717, 1.165) is 12.1 Å². The van der Waals surface area contributed by atoms with Crippen LogP contribution in [-0.2, 0) is 10.9 Å². The van der Waals surface area contributed by atoms with Crippen LogP contribution < -0.4 is 0 Å². The summed E-state index contributed by atoms with van der Waals surface area (Å²) in [6.07, 6.45) is -4.56. The van der Waals surface area contributed by atoms with Crippen molar-refractivity contribution >= 4 is 5.91 Å². The van der Waals surface area contributed by atoms with Crippen LogP contribution in [0.15, 0.2) is 18.2 Å². The molecule has 21 heavy (non-hydrogen) atoms. The zero-order valence-corrected chi connectivity index (χ0v) is 11.7. The molecule has 1 aromatic carbocycles. The predicted molar refractivity (Wildman–Crippen MR) is 69.0 cm³/mol. The Bertz CT molecular complexity index is 555. The van der Waals surface area contributed by atoms with Crippen LogP contribution >= 0.6 is 0 Å². The van der Waals surface area contributed by atoms with Gasteiger partial charge in [0.1, 0.15) is 5.75 Å². The summed E-state index contributed by atoms with van der Waals surface area (Å²) in [5.41, 5.74) is -1.71. The summed E-state index contributed by atoms with van der Waals surface area (Å²) in [5.74, 6) is -1.17. The van der Waals surface area contributed by atoms with Crippen molar-refractivity contribution in [1.29, 1.82) is 0 Å². The van der Waals surface area contributed by atoms with Crippen LogP contribution in [-0.4, -0.2) is 41.2 Å². The Labute approximate surface area is 120 Å². The fourth-order valence-electron chi connectivity index (χ4n) is 2.27.